The molecular formula is C13H19NO3S. The summed E-state index contributed by atoms with van der Waals surface area (Å²) in [6.45, 7) is 5.88. The van der Waals surface area contributed by atoms with E-state index >= 15 is 0 Å². The zero-order valence-electron chi connectivity index (χ0n) is 10.8. The van der Waals surface area contributed by atoms with Gasteiger partial charge in [-0.3, -0.25) is 0 Å². The fourth-order valence-corrected chi connectivity index (χ4v) is 3.58. The van der Waals surface area contributed by atoms with Crippen LogP contribution in [0.3, 0.4) is 0 Å². The molecular weight excluding hydrogens is 250 g/mol. The molecule has 5 heteroatoms. The summed E-state index contributed by atoms with van der Waals surface area (Å²) >= 11 is 0. The normalized spacial score (nSPS) is 17.9. The number of nitrogens with zero attached hydrogens (tertiary/aromatic N) is 1. The molecule has 2 rings (SSSR count). The molecule has 0 N–H and O–H groups in total. The van der Waals surface area contributed by atoms with Gasteiger partial charge in [0.1, 0.15) is 0 Å². The minimum absolute atomic E-state index is 0.395. The van der Waals surface area contributed by atoms with Gasteiger partial charge in [-0.05, 0) is 36.6 Å². The van der Waals surface area contributed by atoms with Crippen LogP contribution in [0.4, 0.5) is 0 Å². The van der Waals surface area contributed by atoms with Crippen LogP contribution in [-0.2, 0) is 21.2 Å². The van der Waals surface area contributed by atoms with Gasteiger partial charge in [0.15, 0.2) is 0 Å². The minimum Gasteiger partial charge on any atom is -0.379 e. The first kappa shape index (κ1) is 13.5. The van der Waals surface area contributed by atoms with Gasteiger partial charge in [0, 0.05) is 13.1 Å². The second kappa shape index (κ2) is 5.38. The van der Waals surface area contributed by atoms with Crippen molar-refractivity contribution in [1.82, 2.24) is 4.31 Å². The molecule has 0 radical (unpaired) electrons. The number of ether oxygens (including phenoxy) is 1. The molecule has 1 aliphatic heterocycles. The number of sulfonamides is 1. The molecule has 0 aliphatic carbocycles. The molecule has 1 aliphatic rings. The monoisotopic (exact) mass is 269 g/mol. The Morgan fingerprint density at radius 2 is 1.94 bits per heavy atom. The third-order valence-electron chi connectivity index (χ3n) is 3.31. The van der Waals surface area contributed by atoms with Crippen LogP contribution in [-0.4, -0.2) is 39.0 Å². The average molecular weight is 269 g/mol. The Bertz CT molecular complexity index is 519. The van der Waals surface area contributed by atoms with E-state index in [2.05, 4.69) is 0 Å². The Hall–Kier alpha value is -0.910. The first-order valence-electron chi connectivity index (χ1n) is 6.23. The molecule has 0 bridgehead atoms. The Labute approximate surface area is 109 Å². The Morgan fingerprint density at radius 3 is 2.56 bits per heavy atom. The van der Waals surface area contributed by atoms with E-state index in [9.17, 15) is 8.42 Å². The van der Waals surface area contributed by atoms with E-state index in [1.54, 1.807) is 12.1 Å². The minimum atomic E-state index is -3.36. The Balaban J connectivity index is 2.34. The van der Waals surface area contributed by atoms with Gasteiger partial charge >= 0.3 is 0 Å². The predicted octanol–water partition coefficient (Wildman–Crippen LogP) is 1.58. The maximum atomic E-state index is 12.4. The molecule has 0 spiro atoms. The van der Waals surface area contributed by atoms with Crippen LogP contribution < -0.4 is 0 Å². The van der Waals surface area contributed by atoms with Crippen molar-refractivity contribution in [3.63, 3.8) is 0 Å². The van der Waals surface area contributed by atoms with Crippen LogP contribution in [0.25, 0.3) is 0 Å². The van der Waals surface area contributed by atoms with Gasteiger partial charge in [-0.25, -0.2) is 8.42 Å². The van der Waals surface area contributed by atoms with E-state index in [4.69, 9.17) is 4.74 Å². The lowest BCUT2D eigenvalue weighted by atomic mass is 10.1. The lowest BCUT2D eigenvalue weighted by Gasteiger charge is -2.26. The molecule has 1 saturated heterocycles. The topological polar surface area (TPSA) is 46.6 Å². The maximum Gasteiger partial charge on any atom is 0.243 e. The average Bonchev–Trinajstić information content (AvgIpc) is 2.40. The summed E-state index contributed by atoms with van der Waals surface area (Å²) in [6.07, 6.45) is 0.846. The van der Waals surface area contributed by atoms with Crippen LogP contribution in [0, 0.1) is 6.92 Å². The molecule has 1 aromatic rings. The first-order valence-corrected chi connectivity index (χ1v) is 7.67. The molecule has 1 fully saturated rings. The molecule has 0 aromatic heterocycles. The van der Waals surface area contributed by atoms with Crippen LogP contribution in [0.1, 0.15) is 18.1 Å². The van der Waals surface area contributed by atoms with E-state index in [0.29, 0.717) is 31.2 Å². The van der Waals surface area contributed by atoms with Crippen molar-refractivity contribution in [3.8, 4) is 0 Å². The Kier molecular flexibility index (Phi) is 4.04. The van der Waals surface area contributed by atoms with Crippen LogP contribution in [0.2, 0.25) is 0 Å². The van der Waals surface area contributed by atoms with E-state index in [-0.39, 0.29) is 0 Å². The van der Waals surface area contributed by atoms with E-state index in [1.807, 2.05) is 19.9 Å². The molecule has 1 aromatic carbocycles. The number of hydrogen-bond acceptors (Lipinski definition) is 3. The zero-order chi connectivity index (χ0) is 13.2. The van der Waals surface area contributed by atoms with Crippen molar-refractivity contribution in [2.24, 2.45) is 0 Å². The second-order valence-corrected chi connectivity index (χ2v) is 6.40. The highest BCUT2D eigenvalue weighted by molar-refractivity contribution is 7.89. The smallest absolute Gasteiger partial charge is 0.243 e. The van der Waals surface area contributed by atoms with Gasteiger partial charge < -0.3 is 4.74 Å². The van der Waals surface area contributed by atoms with Gasteiger partial charge in [-0.15, -0.1) is 0 Å². The van der Waals surface area contributed by atoms with Crippen molar-refractivity contribution in [2.75, 3.05) is 26.3 Å². The molecule has 0 atom stereocenters. The summed E-state index contributed by atoms with van der Waals surface area (Å²) in [6, 6.07) is 5.37. The zero-order valence-corrected chi connectivity index (χ0v) is 11.7. The second-order valence-electron chi connectivity index (χ2n) is 4.46. The molecule has 4 nitrogen and oxygen atoms in total. The highest BCUT2D eigenvalue weighted by Gasteiger charge is 2.26. The summed E-state index contributed by atoms with van der Waals surface area (Å²) in [4.78, 5) is 0.395. The fourth-order valence-electron chi connectivity index (χ4n) is 2.13. The fraction of sp³-hybridized carbons (Fsp3) is 0.538. The molecule has 1 heterocycles. The van der Waals surface area contributed by atoms with Crippen molar-refractivity contribution in [3.05, 3.63) is 29.3 Å². The summed E-state index contributed by atoms with van der Waals surface area (Å²) < 4.78 is 31.6. The summed E-state index contributed by atoms with van der Waals surface area (Å²) in [7, 11) is -3.36. The summed E-state index contributed by atoms with van der Waals surface area (Å²) in [5.74, 6) is 0. The molecule has 0 unspecified atom stereocenters. The molecule has 18 heavy (non-hydrogen) atoms. The first-order chi connectivity index (χ1) is 8.55. The Morgan fingerprint density at radius 1 is 1.28 bits per heavy atom. The third-order valence-corrected chi connectivity index (χ3v) is 5.20. The molecule has 100 valence electrons. The van der Waals surface area contributed by atoms with Crippen LogP contribution >= 0.6 is 0 Å². The molecule has 0 saturated carbocycles. The quantitative estimate of drug-likeness (QED) is 0.837. The number of benzene rings is 1. The number of hydrogen-bond donors (Lipinski definition) is 0. The van der Waals surface area contributed by atoms with Gasteiger partial charge in [0.2, 0.25) is 10.0 Å². The van der Waals surface area contributed by atoms with Gasteiger partial charge in [-0.1, -0.05) is 13.0 Å². The summed E-state index contributed by atoms with van der Waals surface area (Å²) in [5, 5.41) is 0. The number of rotatable bonds is 3. The number of morpholine rings is 1. The summed E-state index contributed by atoms with van der Waals surface area (Å²) in [5.41, 5.74) is 2.22. The van der Waals surface area contributed by atoms with Crippen LogP contribution in [0.5, 0.6) is 0 Å². The van der Waals surface area contributed by atoms with E-state index < -0.39 is 10.0 Å². The standard InChI is InChI=1S/C13H19NO3S/c1-3-12-10-13(5-4-11(12)2)18(15,16)14-6-8-17-9-7-14/h4-5,10H,3,6-9H2,1-2H3. The van der Waals surface area contributed by atoms with Gasteiger partial charge in [0.25, 0.3) is 0 Å². The van der Waals surface area contributed by atoms with Crippen molar-refractivity contribution in [1.29, 1.82) is 0 Å². The maximum absolute atomic E-state index is 12.4. The lowest BCUT2D eigenvalue weighted by molar-refractivity contribution is 0.0730. The van der Waals surface area contributed by atoms with Crippen molar-refractivity contribution in [2.45, 2.75) is 25.2 Å². The highest BCUT2D eigenvalue weighted by Crippen LogP contribution is 2.20. The largest absolute Gasteiger partial charge is 0.379 e. The van der Waals surface area contributed by atoms with Crippen molar-refractivity contribution >= 4 is 10.0 Å². The highest BCUT2D eigenvalue weighted by atomic mass is 32.2. The van der Waals surface area contributed by atoms with E-state index in [0.717, 1.165) is 17.5 Å². The predicted molar refractivity (Wildman–Crippen MR) is 70.1 cm³/mol. The van der Waals surface area contributed by atoms with E-state index in [1.165, 1.54) is 4.31 Å². The van der Waals surface area contributed by atoms with Gasteiger partial charge in [0.05, 0.1) is 18.1 Å². The van der Waals surface area contributed by atoms with Crippen LogP contribution in [0.15, 0.2) is 23.1 Å². The lowest BCUT2D eigenvalue weighted by Crippen LogP contribution is -2.40. The van der Waals surface area contributed by atoms with Gasteiger partial charge in [-0.2, -0.15) is 4.31 Å². The van der Waals surface area contributed by atoms with Crippen molar-refractivity contribution < 1.29 is 13.2 Å². The molecule has 0 amide bonds. The SMILES string of the molecule is CCc1cc(S(=O)(=O)N2CCOCC2)ccc1C. The third kappa shape index (κ3) is 2.58. The number of aryl methyl sites for hydroxylation is 2.